The van der Waals surface area contributed by atoms with Crippen LogP contribution in [0.4, 0.5) is 0 Å². The van der Waals surface area contributed by atoms with Gasteiger partial charge in [0.05, 0.1) is 6.54 Å². The first kappa shape index (κ1) is 17.7. The van der Waals surface area contributed by atoms with E-state index in [4.69, 9.17) is 0 Å². The van der Waals surface area contributed by atoms with E-state index in [0.717, 1.165) is 5.56 Å². The average molecular weight is 324 g/mol. The monoisotopic (exact) mass is 324 g/mol. The zero-order chi connectivity index (χ0) is 17.6. The Labute approximate surface area is 143 Å². The quantitative estimate of drug-likeness (QED) is 0.888. The largest absolute Gasteiger partial charge is 0.350 e. The molecule has 0 aromatic heterocycles. The maximum Gasteiger partial charge on any atom is 0.251 e. The standard InChI is InChI=1S/C20H24N2O2/c1-20(2,3)17-11-9-15(10-12-17)13-21-18(23)14-22-19(24)16-7-5-4-6-8-16/h4-12H,13-14H2,1-3H3,(H,21,23)(H,22,24). The smallest absolute Gasteiger partial charge is 0.251 e. The highest BCUT2D eigenvalue weighted by atomic mass is 16.2. The molecule has 2 N–H and O–H groups in total. The van der Waals surface area contributed by atoms with E-state index in [1.165, 1.54) is 5.56 Å². The van der Waals surface area contributed by atoms with Crippen LogP contribution in [-0.2, 0) is 16.8 Å². The molecule has 0 aliphatic heterocycles. The first-order chi connectivity index (χ1) is 11.4. The molecule has 0 bridgehead atoms. The summed E-state index contributed by atoms with van der Waals surface area (Å²) in [5.41, 5.74) is 2.95. The third-order valence-electron chi connectivity index (χ3n) is 3.76. The molecular weight excluding hydrogens is 300 g/mol. The van der Waals surface area contributed by atoms with E-state index >= 15 is 0 Å². The summed E-state index contributed by atoms with van der Waals surface area (Å²) in [5, 5.41) is 5.42. The van der Waals surface area contributed by atoms with Crippen LogP contribution >= 0.6 is 0 Å². The first-order valence-electron chi connectivity index (χ1n) is 8.05. The molecule has 0 saturated heterocycles. The van der Waals surface area contributed by atoms with Gasteiger partial charge < -0.3 is 10.6 Å². The van der Waals surface area contributed by atoms with Crippen molar-refractivity contribution >= 4 is 11.8 Å². The lowest BCUT2D eigenvalue weighted by Gasteiger charge is -2.19. The van der Waals surface area contributed by atoms with Crippen LogP contribution in [0.15, 0.2) is 54.6 Å². The Balaban J connectivity index is 1.78. The number of nitrogens with one attached hydrogen (secondary N) is 2. The predicted octanol–water partition coefficient (Wildman–Crippen LogP) is 3.03. The van der Waals surface area contributed by atoms with Gasteiger partial charge in [-0.2, -0.15) is 0 Å². The van der Waals surface area contributed by atoms with E-state index in [-0.39, 0.29) is 23.8 Å². The Hall–Kier alpha value is -2.62. The second-order valence-electron chi connectivity index (χ2n) is 6.77. The molecule has 0 atom stereocenters. The van der Waals surface area contributed by atoms with Crippen LogP contribution in [0.25, 0.3) is 0 Å². The Morgan fingerprint density at radius 1 is 0.875 bits per heavy atom. The van der Waals surface area contributed by atoms with Crippen molar-refractivity contribution in [1.29, 1.82) is 0 Å². The van der Waals surface area contributed by atoms with Gasteiger partial charge in [0, 0.05) is 12.1 Å². The molecule has 0 radical (unpaired) electrons. The highest BCUT2D eigenvalue weighted by Crippen LogP contribution is 2.22. The molecule has 0 aliphatic carbocycles. The van der Waals surface area contributed by atoms with Gasteiger partial charge in [-0.3, -0.25) is 9.59 Å². The van der Waals surface area contributed by atoms with Crippen molar-refractivity contribution in [2.24, 2.45) is 0 Å². The molecule has 24 heavy (non-hydrogen) atoms. The molecular formula is C20H24N2O2. The Kier molecular flexibility index (Phi) is 5.74. The van der Waals surface area contributed by atoms with Gasteiger partial charge in [0.15, 0.2) is 0 Å². The van der Waals surface area contributed by atoms with Gasteiger partial charge in [0.25, 0.3) is 5.91 Å². The van der Waals surface area contributed by atoms with Crippen molar-refractivity contribution in [3.63, 3.8) is 0 Å². The summed E-state index contributed by atoms with van der Waals surface area (Å²) in [7, 11) is 0. The number of rotatable bonds is 5. The van der Waals surface area contributed by atoms with E-state index < -0.39 is 0 Å². The Morgan fingerprint density at radius 2 is 1.50 bits per heavy atom. The third-order valence-corrected chi connectivity index (χ3v) is 3.76. The van der Waals surface area contributed by atoms with Gasteiger partial charge in [-0.1, -0.05) is 63.2 Å². The van der Waals surface area contributed by atoms with Gasteiger partial charge in [0.2, 0.25) is 5.91 Å². The summed E-state index contributed by atoms with van der Waals surface area (Å²) >= 11 is 0. The van der Waals surface area contributed by atoms with Crippen molar-refractivity contribution in [2.45, 2.75) is 32.7 Å². The van der Waals surface area contributed by atoms with Crippen LogP contribution in [0.3, 0.4) is 0 Å². The molecule has 0 aliphatic rings. The normalized spacial score (nSPS) is 11.0. The highest BCUT2D eigenvalue weighted by molar-refractivity contribution is 5.96. The molecule has 126 valence electrons. The second kappa shape index (κ2) is 7.77. The number of carbonyl (C=O) groups is 2. The van der Waals surface area contributed by atoms with E-state index in [0.29, 0.717) is 12.1 Å². The molecule has 4 heteroatoms. The van der Waals surface area contributed by atoms with E-state index in [2.05, 4.69) is 43.5 Å². The molecule has 0 fully saturated rings. The Bertz CT molecular complexity index is 686. The summed E-state index contributed by atoms with van der Waals surface area (Å²) in [4.78, 5) is 23.7. The van der Waals surface area contributed by atoms with Gasteiger partial charge >= 0.3 is 0 Å². The fourth-order valence-electron chi connectivity index (χ4n) is 2.24. The first-order valence-corrected chi connectivity index (χ1v) is 8.05. The SMILES string of the molecule is CC(C)(C)c1ccc(CNC(=O)CNC(=O)c2ccccc2)cc1. The molecule has 2 amide bonds. The molecule has 2 aromatic rings. The van der Waals surface area contributed by atoms with E-state index in [1.807, 2.05) is 18.2 Å². The van der Waals surface area contributed by atoms with E-state index in [9.17, 15) is 9.59 Å². The lowest BCUT2D eigenvalue weighted by molar-refractivity contribution is -0.120. The van der Waals surface area contributed by atoms with Crippen LogP contribution in [0.2, 0.25) is 0 Å². The number of hydrogen-bond donors (Lipinski definition) is 2. The zero-order valence-corrected chi connectivity index (χ0v) is 14.4. The molecule has 0 unspecified atom stereocenters. The Morgan fingerprint density at radius 3 is 2.08 bits per heavy atom. The topological polar surface area (TPSA) is 58.2 Å². The summed E-state index contributed by atoms with van der Waals surface area (Å²) < 4.78 is 0. The van der Waals surface area contributed by atoms with Crippen molar-refractivity contribution in [2.75, 3.05) is 6.54 Å². The number of carbonyl (C=O) groups excluding carboxylic acids is 2. The molecule has 0 heterocycles. The molecule has 2 aromatic carbocycles. The molecule has 0 saturated carbocycles. The lowest BCUT2D eigenvalue weighted by atomic mass is 9.87. The van der Waals surface area contributed by atoms with Crippen LogP contribution in [0.1, 0.15) is 42.3 Å². The summed E-state index contributed by atoms with van der Waals surface area (Å²) in [5.74, 6) is -0.459. The fraction of sp³-hybridized carbons (Fsp3) is 0.300. The molecule has 0 spiro atoms. The highest BCUT2D eigenvalue weighted by Gasteiger charge is 2.13. The third kappa shape index (κ3) is 5.23. The minimum absolute atomic E-state index is 0.0339. The summed E-state index contributed by atoms with van der Waals surface area (Å²) in [6.07, 6.45) is 0. The van der Waals surface area contributed by atoms with Gasteiger partial charge in [-0.05, 0) is 28.7 Å². The van der Waals surface area contributed by atoms with Crippen LogP contribution in [0, 0.1) is 0 Å². The minimum atomic E-state index is -0.250. The van der Waals surface area contributed by atoms with Crippen LogP contribution in [-0.4, -0.2) is 18.4 Å². The summed E-state index contributed by atoms with van der Waals surface area (Å²) in [6.45, 7) is 6.91. The maximum atomic E-state index is 11.9. The lowest BCUT2D eigenvalue weighted by Crippen LogP contribution is -2.36. The van der Waals surface area contributed by atoms with E-state index in [1.54, 1.807) is 24.3 Å². The molecule has 4 nitrogen and oxygen atoms in total. The van der Waals surface area contributed by atoms with Crippen molar-refractivity contribution in [3.8, 4) is 0 Å². The predicted molar refractivity (Wildman–Crippen MR) is 95.8 cm³/mol. The average Bonchev–Trinajstić information content (AvgIpc) is 2.58. The zero-order valence-electron chi connectivity index (χ0n) is 14.4. The van der Waals surface area contributed by atoms with Gasteiger partial charge in [0.1, 0.15) is 0 Å². The molecule has 2 rings (SSSR count). The van der Waals surface area contributed by atoms with Crippen LogP contribution < -0.4 is 10.6 Å². The van der Waals surface area contributed by atoms with Gasteiger partial charge in [-0.15, -0.1) is 0 Å². The van der Waals surface area contributed by atoms with Gasteiger partial charge in [-0.25, -0.2) is 0 Å². The summed E-state index contributed by atoms with van der Waals surface area (Å²) in [6, 6.07) is 17.0. The number of hydrogen-bond acceptors (Lipinski definition) is 2. The van der Waals surface area contributed by atoms with Crippen molar-refractivity contribution in [1.82, 2.24) is 10.6 Å². The maximum absolute atomic E-state index is 11.9. The minimum Gasteiger partial charge on any atom is -0.350 e. The number of benzene rings is 2. The van der Waals surface area contributed by atoms with Crippen LogP contribution in [0.5, 0.6) is 0 Å². The fourth-order valence-corrected chi connectivity index (χ4v) is 2.24. The second-order valence-corrected chi connectivity index (χ2v) is 6.77. The van der Waals surface area contributed by atoms with Crippen molar-refractivity contribution in [3.05, 3.63) is 71.3 Å². The van der Waals surface area contributed by atoms with Crippen molar-refractivity contribution < 1.29 is 9.59 Å². The number of amides is 2.